The van der Waals surface area contributed by atoms with Crippen molar-refractivity contribution in [2.45, 2.75) is 38.7 Å². The van der Waals surface area contributed by atoms with Gasteiger partial charge in [0.2, 0.25) is 9.04 Å². The predicted molar refractivity (Wildman–Crippen MR) is 121 cm³/mol. The monoisotopic (exact) mass is 404 g/mol. The molecule has 2 atom stereocenters. The molecule has 0 heterocycles. The van der Waals surface area contributed by atoms with Crippen molar-refractivity contribution in [2.24, 2.45) is 0 Å². The average molecular weight is 405 g/mol. The van der Waals surface area contributed by atoms with Gasteiger partial charge in [0.15, 0.2) is 5.60 Å². The van der Waals surface area contributed by atoms with Crippen LogP contribution in [0.4, 0.5) is 0 Å². The van der Waals surface area contributed by atoms with Crippen molar-refractivity contribution >= 4 is 25.4 Å². The van der Waals surface area contributed by atoms with Crippen molar-refractivity contribution in [3.63, 3.8) is 0 Å². The predicted octanol–water partition coefficient (Wildman–Crippen LogP) is 3.84. The maximum absolute atomic E-state index is 12.4. The second kappa shape index (κ2) is 8.35. The molecular formula is C25H28O3Si. The summed E-state index contributed by atoms with van der Waals surface area (Å²) in [5, 5.41) is 12.3. The minimum Gasteiger partial charge on any atom is -0.479 e. The Kier molecular flexibility index (Phi) is 6.06. The summed E-state index contributed by atoms with van der Waals surface area (Å²) in [5.74, 6) is -0.981. The van der Waals surface area contributed by atoms with E-state index in [4.69, 9.17) is 4.43 Å². The van der Waals surface area contributed by atoms with Gasteiger partial charge in [-0.15, -0.1) is 0 Å². The fourth-order valence-electron chi connectivity index (χ4n) is 3.58. The van der Waals surface area contributed by atoms with Gasteiger partial charge >= 0.3 is 5.97 Å². The van der Waals surface area contributed by atoms with Gasteiger partial charge in [0.1, 0.15) is 0 Å². The van der Waals surface area contributed by atoms with Crippen LogP contribution in [0.1, 0.15) is 38.8 Å². The zero-order valence-electron chi connectivity index (χ0n) is 17.4. The molecule has 0 bridgehead atoms. The molecule has 0 amide bonds. The van der Waals surface area contributed by atoms with E-state index in [9.17, 15) is 9.90 Å². The summed E-state index contributed by atoms with van der Waals surface area (Å²) in [5.41, 5.74) is 0.334. The lowest BCUT2D eigenvalue weighted by Crippen LogP contribution is -2.54. The van der Waals surface area contributed by atoms with Crippen LogP contribution in [0.3, 0.4) is 0 Å². The smallest absolute Gasteiger partial charge is 0.339 e. The Bertz CT molecular complexity index is 964. The maximum atomic E-state index is 12.4. The quantitative estimate of drug-likeness (QED) is 0.635. The van der Waals surface area contributed by atoms with Crippen LogP contribution in [-0.4, -0.2) is 20.1 Å². The van der Waals surface area contributed by atoms with Crippen LogP contribution < -0.4 is 10.4 Å². The van der Waals surface area contributed by atoms with Gasteiger partial charge in [-0.05, 0) is 33.8 Å². The molecule has 2 unspecified atom stereocenters. The first-order valence-electron chi connectivity index (χ1n) is 9.84. The first-order chi connectivity index (χ1) is 13.7. The number of carboxylic acids is 1. The molecular weight excluding hydrogens is 376 g/mol. The second-order valence-corrected chi connectivity index (χ2v) is 10.7. The summed E-state index contributed by atoms with van der Waals surface area (Å²) < 4.78 is 6.63. The number of carbonyl (C=O) groups is 1. The minimum atomic E-state index is -2.32. The van der Waals surface area contributed by atoms with Gasteiger partial charge in [-0.3, -0.25) is 0 Å². The minimum absolute atomic E-state index is 0.0770. The molecule has 0 aromatic heterocycles. The van der Waals surface area contributed by atoms with Crippen LogP contribution >= 0.6 is 0 Å². The van der Waals surface area contributed by atoms with E-state index in [1.807, 2.05) is 72.8 Å². The highest BCUT2D eigenvalue weighted by atomic mass is 28.3. The van der Waals surface area contributed by atoms with Crippen LogP contribution in [0.15, 0.2) is 84.9 Å². The van der Waals surface area contributed by atoms with Crippen LogP contribution in [0.5, 0.6) is 0 Å². The summed E-state index contributed by atoms with van der Waals surface area (Å²) in [7, 11) is -2.32. The molecule has 3 rings (SSSR count). The molecule has 29 heavy (non-hydrogen) atoms. The van der Waals surface area contributed by atoms with Crippen molar-refractivity contribution in [3.05, 3.63) is 96.1 Å². The zero-order chi connectivity index (χ0) is 21.1. The normalized spacial score (nSPS) is 14.8. The molecule has 1 N–H and O–H groups in total. The van der Waals surface area contributed by atoms with E-state index in [0.717, 1.165) is 10.4 Å². The lowest BCUT2D eigenvalue weighted by molar-refractivity contribution is -0.154. The summed E-state index contributed by atoms with van der Waals surface area (Å²) in [6.07, 6.45) is 0. The van der Waals surface area contributed by atoms with Crippen molar-refractivity contribution in [2.75, 3.05) is 0 Å². The number of aliphatic carboxylic acids is 1. The van der Waals surface area contributed by atoms with Crippen molar-refractivity contribution in [1.29, 1.82) is 0 Å². The number of hydrogen-bond donors (Lipinski definition) is 1. The number of carboxylic acid groups (broad SMARTS) is 1. The molecule has 0 radical (unpaired) electrons. The third-order valence-corrected chi connectivity index (χ3v) is 8.01. The fraction of sp³-hybridized carbons (Fsp3) is 0.240. The fourth-order valence-corrected chi connectivity index (χ4v) is 6.58. The number of hydrogen-bond acceptors (Lipinski definition) is 2. The molecule has 3 nitrogen and oxygen atoms in total. The largest absolute Gasteiger partial charge is 0.479 e. The van der Waals surface area contributed by atoms with Crippen molar-refractivity contribution in [3.8, 4) is 0 Å². The van der Waals surface area contributed by atoms with Crippen LogP contribution in [-0.2, 0) is 20.2 Å². The van der Waals surface area contributed by atoms with E-state index in [1.165, 1.54) is 5.56 Å². The molecule has 3 aromatic rings. The lowest BCUT2D eigenvalue weighted by Gasteiger charge is -2.33. The summed E-state index contributed by atoms with van der Waals surface area (Å²) >= 11 is 0. The summed E-state index contributed by atoms with van der Waals surface area (Å²) in [6, 6.07) is 27.5. The van der Waals surface area contributed by atoms with E-state index in [1.54, 1.807) is 6.92 Å². The SMILES string of the molecule is CC(C)(C)c1ccccc1[SiH](OC(C)(C(=O)O)c1ccccc1)c1ccccc1. The van der Waals surface area contributed by atoms with E-state index >= 15 is 0 Å². The van der Waals surface area contributed by atoms with Gasteiger partial charge in [0.05, 0.1) is 0 Å². The second-order valence-electron chi connectivity index (χ2n) is 8.45. The Morgan fingerprint density at radius 3 is 1.86 bits per heavy atom. The van der Waals surface area contributed by atoms with Gasteiger partial charge in [0, 0.05) is 0 Å². The van der Waals surface area contributed by atoms with Gasteiger partial charge < -0.3 is 9.53 Å². The molecule has 0 saturated heterocycles. The Morgan fingerprint density at radius 1 is 0.793 bits per heavy atom. The van der Waals surface area contributed by atoms with Crippen LogP contribution in [0.25, 0.3) is 0 Å². The highest BCUT2D eigenvalue weighted by molar-refractivity contribution is 6.80. The Balaban J connectivity index is 2.18. The average Bonchev–Trinajstić information content (AvgIpc) is 2.72. The van der Waals surface area contributed by atoms with Crippen molar-refractivity contribution < 1.29 is 14.3 Å². The molecule has 0 aliphatic carbocycles. The Hall–Kier alpha value is -2.69. The first kappa shape index (κ1) is 21.0. The number of rotatable bonds is 6. The molecule has 0 spiro atoms. The highest BCUT2D eigenvalue weighted by Gasteiger charge is 2.41. The first-order valence-corrected chi connectivity index (χ1v) is 11.5. The van der Waals surface area contributed by atoms with Gasteiger partial charge in [0.25, 0.3) is 0 Å². The summed E-state index contributed by atoms with van der Waals surface area (Å²) in [6.45, 7) is 8.19. The summed E-state index contributed by atoms with van der Waals surface area (Å²) in [4.78, 5) is 12.4. The number of benzene rings is 3. The standard InChI is InChI=1S/C25H28O3Si/c1-24(2,3)21-17-11-12-18-22(21)29(20-15-9-6-10-16-20)28-25(4,23(26)27)19-13-7-5-8-14-19/h5-18,29H,1-4H3,(H,26,27). The Morgan fingerprint density at radius 2 is 1.31 bits per heavy atom. The van der Waals surface area contributed by atoms with E-state index < -0.39 is 20.6 Å². The third kappa shape index (κ3) is 4.49. The van der Waals surface area contributed by atoms with E-state index in [0.29, 0.717) is 5.56 Å². The molecule has 150 valence electrons. The highest BCUT2D eigenvalue weighted by Crippen LogP contribution is 2.28. The topological polar surface area (TPSA) is 46.5 Å². The molecule has 3 aromatic carbocycles. The molecule has 4 heteroatoms. The maximum Gasteiger partial charge on any atom is 0.339 e. The van der Waals surface area contributed by atoms with Crippen LogP contribution in [0, 0.1) is 0 Å². The molecule has 0 fully saturated rings. The van der Waals surface area contributed by atoms with E-state index in [2.05, 4.69) is 32.9 Å². The molecule has 0 aliphatic heterocycles. The Labute approximate surface area is 174 Å². The van der Waals surface area contributed by atoms with Gasteiger partial charge in [-0.25, -0.2) is 4.79 Å². The van der Waals surface area contributed by atoms with Gasteiger partial charge in [-0.1, -0.05) is 106 Å². The third-order valence-electron chi connectivity index (χ3n) is 5.24. The van der Waals surface area contributed by atoms with E-state index in [-0.39, 0.29) is 5.41 Å². The van der Waals surface area contributed by atoms with Crippen molar-refractivity contribution in [1.82, 2.24) is 0 Å². The molecule has 0 saturated carbocycles. The van der Waals surface area contributed by atoms with Crippen LogP contribution in [0.2, 0.25) is 0 Å². The lowest BCUT2D eigenvalue weighted by atomic mass is 9.87. The zero-order valence-corrected chi connectivity index (χ0v) is 18.6. The molecule has 0 aliphatic rings. The van der Waals surface area contributed by atoms with Gasteiger partial charge in [-0.2, -0.15) is 0 Å².